The first-order valence-corrected chi connectivity index (χ1v) is 5.17. The molecule has 1 fully saturated rings. The summed E-state index contributed by atoms with van der Waals surface area (Å²) < 4.78 is 0. The number of rotatable bonds is 2. The highest BCUT2D eigenvalue weighted by atomic mass is 16.6. The van der Waals surface area contributed by atoms with Crippen LogP contribution >= 0.6 is 0 Å². The molecule has 86 valence electrons. The zero-order valence-electron chi connectivity index (χ0n) is 9.27. The van der Waals surface area contributed by atoms with Crippen molar-refractivity contribution >= 4 is 11.5 Å². The molecule has 0 saturated heterocycles. The molecule has 17 heavy (non-hydrogen) atoms. The van der Waals surface area contributed by atoms with Crippen LogP contribution < -0.4 is 0 Å². The van der Waals surface area contributed by atoms with Crippen LogP contribution in [0.3, 0.4) is 0 Å². The number of carbonyl (C=O) groups excluding carboxylic acids is 1. The summed E-state index contributed by atoms with van der Waals surface area (Å²) in [6.07, 6.45) is 0.154. The summed E-state index contributed by atoms with van der Waals surface area (Å²) in [6, 6.07) is 6.94. The van der Waals surface area contributed by atoms with Crippen molar-refractivity contribution in [1.82, 2.24) is 0 Å². The molecule has 2 rings (SSSR count). The van der Waals surface area contributed by atoms with Gasteiger partial charge >= 0.3 is 0 Å². The van der Waals surface area contributed by atoms with Gasteiger partial charge in [0.2, 0.25) is 0 Å². The van der Waals surface area contributed by atoms with Gasteiger partial charge in [-0.15, -0.1) is 0 Å². The Balaban J connectivity index is 2.60. The van der Waals surface area contributed by atoms with Gasteiger partial charge in [-0.2, -0.15) is 5.26 Å². The van der Waals surface area contributed by atoms with Crippen LogP contribution in [0.15, 0.2) is 18.2 Å². The van der Waals surface area contributed by atoms with Crippen LogP contribution in [-0.4, -0.2) is 10.7 Å². The predicted molar refractivity (Wildman–Crippen MR) is 59.4 cm³/mol. The second-order valence-electron chi connectivity index (χ2n) is 4.31. The number of hydrogen-bond donors (Lipinski definition) is 0. The van der Waals surface area contributed by atoms with E-state index in [0.29, 0.717) is 11.1 Å². The molecule has 0 aromatic heterocycles. The third-order valence-corrected chi connectivity index (χ3v) is 3.15. The molecule has 0 unspecified atom stereocenters. The van der Waals surface area contributed by atoms with Gasteiger partial charge in [0.15, 0.2) is 0 Å². The first kappa shape index (κ1) is 11.3. The van der Waals surface area contributed by atoms with Crippen molar-refractivity contribution in [3.8, 4) is 6.07 Å². The maximum Gasteiger partial charge on any atom is 0.277 e. The Morgan fingerprint density at radius 1 is 1.47 bits per heavy atom. The van der Waals surface area contributed by atoms with Crippen molar-refractivity contribution in [3.05, 3.63) is 39.4 Å². The molecule has 1 saturated carbocycles. The predicted octanol–water partition coefficient (Wildman–Crippen LogP) is 2.03. The second-order valence-corrected chi connectivity index (χ2v) is 4.31. The van der Waals surface area contributed by atoms with Crippen molar-refractivity contribution in [1.29, 1.82) is 5.26 Å². The van der Waals surface area contributed by atoms with Gasteiger partial charge in [0.25, 0.3) is 5.69 Å². The fourth-order valence-electron chi connectivity index (χ4n) is 2.24. The largest absolute Gasteiger partial charge is 0.300 e. The molecule has 1 aromatic rings. The van der Waals surface area contributed by atoms with Crippen LogP contribution in [0.4, 0.5) is 5.69 Å². The quantitative estimate of drug-likeness (QED) is 0.574. The minimum absolute atomic E-state index is 0.0256. The van der Waals surface area contributed by atoms with E-state index < -0.39 is 10.3 Å². The van der Waals surface area contributed by atoms with E-state index in [-0.39, 0.29) is 24.3 Å². The lowest BCUT2D eigenvalue weighted by Crippen LogP contribution is -2.40. The number of benzene rings is 1. The lowest BCUT2D eigenvalue weighted by Gasteiger charge is -2.33. The van der Waals surface area contributed by atoms with E-state index in [1.807, 2.05) is 0 Å². The van der Waals surface area contributed by atoms with Crippen LogP contribution in [-0.2, 0) is 10.2 Å². The zero-order valence-corrected chi connectivity index (χ0v) is 9.27. The summed E-state index contributed by atoms with van der Waals surface area (Å²) in [5.41, 5.74) is -0.154. The van der Waals surface area contributed by atoms with E-state index in [1.165, 1.54) is 0 Å². The topological polar surface area (TPSA) is 84.0 Å². The summed E-state index contributed by atoms with van der Waals surface area (Å²) in [5.74, 6) is -0.0256. The normalized spacial score (nSPS) is 17.1. The summed E-state index contributed by atoms with van der Waals surface area (Å²) in [4.78, 5) is 21.7. The molecule has 1 aliphatic carbocycles. The van der Waals surface area contributed by atoms with Gasteiger partial charge in [0, 0.05) is 18.4 Å². The summed E-state index contributed by atoms with van der Waals surface area (Å²) >= 11 is 0. The van der Waals surface area contributed by atoms with E-state index in [4.69, 9.17) is 0 Å². The highest BCUT2D eigenvalue weighted by Gasteiger charge is 2.49. The molecule has 1 aromatic carbocycles. The average Bonchev–Trinajstić information content (AvgIpc) is 2.23. The van der Waals surface area contributed by atoms with Gasteiger partial charge in [0.1, 0.15) is 11.2 Å². The number of nitro benzene ring substituents is 1. The van der Waals surface area contributed by atoms with Crippen LogP contribution in [0.25, 0.3) is 0 Å². The number of para-hydroxylation sites is 1. The number of hydrogen-bond acceptors (Lipinski definition) is 4. The zero-order chi connectivity index (χ0) is 12.6. The Morgan fingerprint density at radius 2 is 2.12 bits per heavy atom. The first-order valence-electron chi connectivity index (χ1n) is 5.17. The molecule has 0 bridgehead atoms. The molecular weight excluding hydrogens is 220 g/mol. The van der Waals surface area contributed by atoms with Crippen molar-refractivity contribution in [3.63, 3.8) is 0 Å². The highest BCUT2D eigenvalue weighted by molar-refractivity contribution is 5.90. The van der Waals surface area contributed by atoms with E-state index in [9.17, 15) is 20.2 Å². The Labute approximate surface area is 97.8 Å². The number of nitrogens with zero attached hydrogens (tertiary/aromatic N) is 2. The molecule has 1 aliphatic rings. The van der Waals surface area contributed by atoms with Gasteiger partial charge < -0.3 is 0 Å². The third-order valence-electron chi connectivity index (χ3n) is 3.15. The molecule has 5 nitrogen and oxygen atoms in total. The Kier molecular flexibility index (Phi) is 2.43. The van der Waals surface area contributed by atoms with E-state index in [0.717, 1.165) is 0 Å². The van der Waals surface area contributed by atoms with Gasteiger partial charge in [0.05, 0.1) is 16.6 Å². The van der Waals surface area contributed by atoms with Crippen LogP contribution in [0, 0.1) is 28.4 Å². The molecule has 0 N–H and O–H groups in total. The van der Waals surface area contributed by atoms with E-state index in [1.54, 1.807) is 25.1 Å². The SMILES string of the molecule is Cc1cccc(C2(C#N)CC(=O)C2)c1[N+](=O)[O-]. The second kappa shape index (κ2) is 3.67. The van der Waals surface area contributed by atoms with Gasteiger partial charge in [-0.25, -0.2) is 0 Å². The number of aryl methyl sites for hydroxylation is 1. The van der Waals surface area contributed by atoms with Crippen molar-refractivity contribution < 1.29 is 9.72 Å². The van der Waals surface area contributed by atoms with Crippen LogP contribution in [0.1, 0.15) is 24.0 Å². The smallest absolute Gasteiger partial charge is 0.277 e. The average molecular weight is 230 g/mol. The monoisotopic (exact) mass is 230 g/mol. The van der Waals surface area contributed by atoms with Gasteiger partial charge in [-0.3, -0.25) is 14.9 Å². The Morgan fingerprint density at radius 3 is 2.59 bits per heavy atom. The highest BCUT2D eigenvalue weighted by Crippen LogP contribution is 2.45. The molecule has 0 aliphatic heterocycles. The summed E-state index contributed by atoms with van der Waals surface area (Å²) in [5, 5.41) is 20.2. The minimum Gasteiger partial charge on any atom is -0.300 e. The lowest BCUT2D eigenvalue weighted by molar-refractivity contribution is -0.386. The molecule has 0 radical (unpaired) electrons. The van der Waals surface area contributed by atoms with E-state index in [2.05, 4.69) is 6.07 Å². The van der Waals surface area contributed by atoms with Crippen molar-refractivity contribution in [2.45, 2.75) is 25.2 Å². The Hall–Kier alpha value is -2.22. The fourth-order valence-corrected chi connectivity index (χ4v) is 2.24. The standard InChI is InChI=1S/C12H10N2O3/c1-8-3-2-4-10(11(8)14(16)17)12(7-13)5-9(15)6-12/h2-4H,5-6H2,1H3. The maximum absolute atomic E-state index is 11.1. The number of nitro groups is 1. The fraction of sp³-hybridized carbons (Fsp3) is 0.333. The third kappa shape index (κ3) is 1.58. The molecule has 0 spiro atoms. The molecule has 0 heterocycles. The minimum atomic E-state index is -0.995. The van der Waals surface area contributed by atoms with Gasteiger partial charge in [-0.05, 0) is 6.92 Å². The summed E-state index contributed by atoms with van der Waals surface area (Å²) in [7, 11) is 0. The van der Waals surface area contributed by atoms with Gasteiger partial charge in [-0.1, -0.05) is 18.2 Å². The number of carbonyl (C=O) groups is 1. The molecule has 0 amide bonds. The van der Waals surface area contributed by atoms with Crippen LogP contribution in [0.2, 0.25) is 0 Å². The molecular formula is C12H10N2O3. The molecule has 5 heteroatoms. The number of nitriles is 1. The van der Waals surface area contributed by atoms with Crippen LogP contribution in [0.5, 0.6) is 0 Å². The van der Waals surface area contributed by atoms with Crippen molar-refractivity contribution in [2.75, 3.05) is 0 Å². The molecule has 0 atom stereocenters. The van der Waals surface area contributed by atoms with E-state index >= 15 is 0 Å². The summed E-state index contributed by atoms with van der Waals surface area (Å²) in [6.45, 7) is 1.63. The van der Waals surface area contributed by atoms with Crippen molar-refractivity contribution in [2.24, 2.45) is 0 Å². The lowest BCUT2D eigenvalue weighted by atomic mass is 9.64. The number of ketones is 1. The first-order chi connectivity index (χ1) is 8.00. The number of Topliss-reactive ketones (excluding diaryl/α,β-unsaturated/α-hetero) is 1. The maximum atomic E-state index is 11.1. The Bertz CT molecular complexity index is 549.